The van der Waals surface area contributed by atoms with Gasteiger partial charge in [-0.25, -0.2) is 9.78 Å². The Labute approximate surface area is 199 Å². The van der Waals surface area contributed by atoms with Gasteiger partial charge in [0, 0.05) is 23.8 Å². The third-order valence-corrected chi connectivity index (χ3v) is 7.33. The summed E-state index contributed by atoms with van der Waals surface area (Å²) in [5.74, 6) is 0.479. The fraction of sp³-hybridized carbons (Fsp3) is 0.222. The van der Waals surface area contributed by atoms with Crippen LogP contribution < -0.4 is 11.2 Å². The molecule has 34 heavy (non-hydrogen) atoms. The van der Waals surface area contributed by atoms with Gasteiger partial charge < -0.3 is 9.15 Å². The normalized spacial score (nSPS) is 16.1. The van der Waals surface area contributed by atoms with Crippen LogP contribution in [0.2, 0.25) is 0 Å². The molecule has 0 aliphatic carbocycles. The van der Waals surface area contributed by atoms with Gasteiger partial charge in [-0.3, -0.25) is 9.36 Å². The van der Waals surface area contributed by atoms with Crippen molar-refractivity contribution in [2.75, 3.05) is 6.61 Å². The van der Waals surface area contributed by atoms with Crippen LogP contribution in [0, 0.1) is 0 Å². The number of fused-ring (bicyclic) bond motifs is 4. The molecular formula is C27H22N2O4S. The Bertz CT molecular complexity index is 1650. The molecule has 1 aliphatic heterocycles. The molecule has 7 heteroatoms. The molecule has 1 aliphatic rings. The first-order valence-corrected chi connectivity index (χ1v) is 12.3. The summed E-state index contributed by atoms with van der Waals surface area (Å²) in [7, 11) is 0. The maximum atomic E-state index is 13.4. The zero-order chi connectivity index (χ0) is 23.1. The van der Waals surface area contributed by atoms with Crippen LogP contribution in [0.15, 0.2) is 85.9 Å². The monoisotopic (exact) mass is 470 g/mol. The summed E-state index contributed by atoms with van der Waals surface area (Å²) < 4.78 is 13.0. The van der Waals surface area contributed by atoms with Crippen molar-refractivity contribution in [2.45, 2.75) is 36.4 Å². The number of rotatable bonds is 5. The molecule has 2 aromatic heterocycles. The molecule has 0 saturated carbocycles. The van der Waals surface area contributed by atoms with Crippen LogP contribution in [-0.2, 0) is 17.0 Å². The largest absolute Gasteiger partial charge is 0.423 e. The van der Waals surface area contributed by atoms with E-state index in [0.29, 0.717) is 33.9 Å². The number of hydrogen-bond donors (Lipinski definition) is 0. The average Bonchev–Trinajstić information content (AvgIpc) is 3.37. The highest BCUT2D eigenvalue weighted by Gasteiger charge is 2.21. The third-order valence-electron chi connectivity index (χ3n) is 6.31. The van der Waals surface area contributed by atoms with E-state index < -0.39 is 0 Å². The van der Waals surface area contributed by atoms with E-state index in [1.807, 2.05) is 60.7 Å². The van der Waals surface area contributed by atoms with Crippen LogP contribution in [0.5, 0.6) is 0 Å². The maximum absolute atomic E-state index is 13.4. The van der Waals surface area contributed by atoms with Gasteiger partial charge in [0.2, 0.25) is 0 Å². The van der Waals surface area contributed by atoms with Crippen molar-refractivity contribution in [1.82, 2.24) is 9.55 Å². The van der Waals surface area contributed by atoms with E-state index in [-0.39, 0.29) is 17.3 Å². The summed E-state index contributed by atoms with van der Waals surface area (Å²) in [6.45, 7) is 1.20. The number of aromatic nitrogens is 2. The second-order valence-electron chi connectivity index (χ2n) is 8.50. The first-order valence-electron chi connectivity index (χ1n) is 11.4. The van der Waals surface area contributed by atoms with E-state index in [2.05, 4.69) is 0 Å². The zero-order valence-corrected chi connectivity index (χ0v) is 19.2. The van der Waals surface area contributed by atoms with Crippen LogP contribution in [0.3, 0.4) is 0 Å². The van der Waals surface area contributed by atoms with Gasteiger partial charge in [-0.1, -0.05) is 54.2 Å². The Morgan fingerprint density at radius 1 is 1.00 bits per heavy atom. The topological polar surface area (TPSA) is 74.3 Å². The fourth-order valence-corrected chi connectivity index (χ4v) is 5.68. The summed E-state index contributed by atoms with van der Waals surface area (Å²) in [5, 5.41) is 4.25. The minimum absolute atomic E-state index is 0.00792. The van der Waals surface area contributed by atoms with Crippen molar-refractivity contribution in [3.63, 3.8) is 0 Å². The summed E-state index contributed by atoms with van der Waals surface area (Å²) in [5.41, 5.74) is 1.64. The van der Waals surface area contributed by atoms with Gasteiger partial charge in [0.1, 0.15) is 5.58 Å². The molecule has 6 rings (SSSR count). The van der Waals surface area contributed by atoms with Gasteiger partial charge >= 0.3 is 5.63 Å². The van der Waals surface area contributed by atoms with Crippen molar-refractivity contribution in [2.24, 2.45) is 0 Å². The number of hydrogen-bond acceptors (Lipinski definition) is 6. The van der Waals surface area contributed by atoms with Gasteiger partial charge in [-0.15, -0.1) is 0 Å². The Kier molecular flexibility index (Phi) is 5.43. The molecule has 6 nitrogen and oxygen atoms in total. The number of ether oxygens (including phenoxy) is 1. The van der Waals surface area contributed by atoms with Crippen LogP contribution in [0.25, 0.3) is 32.6 Å². The second-order valence-corrected chi connectivity index (χ2v) is 9.44. The molecule has 0 radical (unpaired) electrons. The van der Waals surface area contributed by atoms with Crippen LogP contribution in [0.1, 0.15) is 18.4 Å². The highest BCUT2D eigenvalue weighted by atomic mass is 32.2. The van der Waals surface area contributed by atoms with Gasteiger partial charge in [-0.2, -0.15) is 0 Å². The Morgan fingerprint density at radius 2 is 1.82 bits per heavy atom. The number of nitrogens with zero attached hydrogens (tertiary/aromatic N) is 2. The summed E-state index contributed by atoms with van der Waals surface area (Å²) >= 11 is 1.46. The highest BCUT2D eigenvalue weighted by Crippen LogP contribution is 2.31. The summed E-state index contributed by atoms with van der Waals surface area (Å²) in [6, 6.07) is 20.8. The minimum Gasteiger partial charge on any atom is -0.423 e. The van der Waals surface area contributed by atoms with Gasteiger partial charge in [-0.05, 0) is 47.4 Å². The van der Waals surface area contributed by atoms with Crippen LogP contribution >= 0.6 is 11.8 Å². The van der Waals surface area contributed by atoms with E-state index >= 15 is 0 Å². The second kappa shape index (κ2) is 8.74. The summed E-state index contributed by atoms with van der Waals surface area (Å²) in [6.07, 6.45) is 1.94. The van der Waals surface area contributed by atoms with Crippen molar-refractivity contribution < 1.29 is 9.15 Å². The SMILES string of the molecule is O=c1cc(CSc2nc3ccccc3c(=O)n2CC2CCCO2)c2c(ccc3ccccc32)o1. The van der Waals surface area contributed by atoms with Crippen molar-refractivity contribution in [3.8, 4) is 0 Å². The average molecular weight is 471 g/mol. The number of benzene rings is 3. The fourth-order valence-electron chi connectivity index (χ4n) is 4.69. The Hall–Kier alpha value is -3.42. The highest BCUT2D eigenvalue weighted by molar-refractivity contribution is 7.98. The summed E-state index contributed by atoms with van der Waals surface area (Å²) in [4.78, 5) is 30.5. The molecule has 5 aromatic rings. The van der Waals surface area contributed by atoms with E-state index in [1.165, 1.54) is 11.8 Å². The molecule has 3 heterocycles. The minimum atomic E-state index is -0.387. The van der Waals surface area contributed by atoms with Gasteiger partial charge in [0.05, 0.1) is 23.6 Å². The molecule has 0 bridgehead atoms. The number of para-hydroxylation sites is 1. The Morgan fingerprint density at radius 3 is 2.68 bits per heavy atom. The Balaban J connectivity index is 1.45. The van der Waals surface area contributed by atoms with Gasteiger partial charge in [0.15, 0.2) is 5.16 Å². The standard InChI is InChI=1S/C27H22N2O4S/c30-24-14-18(25-20-8-2-1-6-17(20)11-12-23(25)33-24)16-34-27-28-22-10-4-3-9-21(22)26(31)29(27)15-19-7-5-13-32-19/h1-4,6,8-12,14,19H,5,7,13,15-16H2. The van der Waals surface area contributed by atoms with E-state index in [1.54, 1.807) is 10.6 Å². The van der Waals surface area contributed by atoms with Crippen LogP contribution in [-0.4, -0.2) is 22.3 Å². The molecule has 0 spiro atoms. The number of thioether (sulfide) groups is 1. The quantitative estimate of drug-likeness (QED) is 0.153. The zero-order valence-electron chi connectivity index (χ0n) is 18.4. The van der Waals surface area contributed by atoms with Crippen molar-refractivity contribution in [3.05, 3.63) is 93.1 Å². The van der Waals surface area contributed by atoms with E-state index in [4.69, 9.17) is 14.1 Å². The van der Waals surface area contributed by atoms with E-state index in [9.17, 15) is 9.59 Å². The molecule has 170 valence electrons. The molecule has 1 unspecified atom stereocenters. The lowest BCUT2D eigenvalue weighted by molar-refractivity contribution is 0.0937. The third kappa shape index (κ3) is 3.81. The lowest BCUT2D eigenvalue weighted by Crippen LogP contribution is -2.28. The van der Waals surface area contributed by atoms with E-state index in [0.717, 1.165) is 41.2 Å². The first kappa shape index (κ1) is 21.1. The van der Waals surface area contributed by atoms with Crippen molar-refractivity contribution in [1.29, 1.82) is 0 Å². The smallest absolute Gasteiger partial charge is 0.336 e. The predicted octanol–water partition coefficient (Wildman–Crippen LogP) is 5.13. The molecule has 1 atom stereocenters. The van der Waals surface area contributed by atoms with Crippen LogP contribution in [0.4, 0.5) is 0 Å². The molecule has 1 saturated heterocycles. The van der Waals surface area contributed by atoms with Gasteiger partial charge in [0.25, 0.3) is 5.56 Å². The molecule has 1 fully saturated rings. The first-order chi connectivity index (χ1) is 16.7. The molecule has 0 N–H and O–H groups in total. The maximum Gasteiger partial charge on any atom is 0.336 e. The van der Waals surface area contributed by atoms with Crippen molar-refractivity contribution >= 4 is 44.4 Å². The molecule has 3 aromatic carbocycles. The molecule has 0 amide bonds. The lowest BCUT2D eigenvalue weighted by atomic mass is 10.0. The lowest BCUT2D eigenvalue weighted by Gasteiger charge is -2.17. The predicted molar refractivity (Wildman–Crippen MR) is 135 cm³/mol. The molecular weight excluding hydrogens is 448 g/mol.